The second-order valence-electron chi connectivity index (χ2n) is 4.32. The fourth-order valence-electron chi connectivity index (χ4n) is 2.44. The third-order valence-electron chi connectivity index (χ3n) is 3.25. The van der Waals surface area contributed by atoms with E-state index < -0.39 is 0 Å². The van der Waals surface area contributed by atoms with Crippen molar-refractivity contribution in [2.75, 3.05) is 32.7 Å². The highest BCUT2D eigenvalue weighted by molar-refractivity contribution is 6.16. The zero-order chi connectivity index (χ0) is 9.31. The predicted molar refractivity (Wildman–Crippen MR) is 56.1 cm³/mol. The third-order valence-corrected chi connectivity index (χ3v) is 3.25. The first-order valence-electron chi connectivity index (χ1n) is 5.08. The monoisotopic (exact) mass is 176 g/mol. The molecule has 0 aromatic heterocycles. The Morgan fingerprint density at radius 1 is 1.69 bits per heavy atom. The number of hydrogen-bond acceptors (Lipinski definition) is 2. The summed E-state index contributed by atoms with van der Waals surface area (Å²) in [6.45, 7) is 7.43. The molecule has 0 spiro atoms. The lowest BCUT2D eigenvalue weighted by Gasteiger charge is -2.22. The Hall–Kier alpha value is -0.275. The van der Waals surface area contributed by atoms with Crippen molar-refractivity contribution in [3.8, 4) is 0 Å². The van der Waals surface area contributed by atoms with Crippen LogP contribution in [0.1, 0.15) is 6.92 Å². The molecule has 2 rings (SSSR count). The molecule has 0 aromatic carbocycles. The maximum atomic E-state index is 6.30. The molecule has 2 atom stereocenters. The van der Waals surface area contributed by atoms with Crippen LogP contribution in [0.3, 0.4) is 0 Å². The molecule has 0 amide bonds. The van der Waals surface area contributed by atoms with Crippen molar-refractivity contribution in [1.82, 2.24) is 10.2 Å². The minimum Gasteiger partial charge on any atom is -0.317 e. The fourth-order valence-corrected chi connectivity index (χ4v) is 2.44. The van der Waals surface area contributed by atoms with Crippen molar-refractivity contribution >= 4 is 7.85 Å². The highest BCUT2D eigenvalue weighted by Crippen LogP contribution is 2.41. The minimum atomic E-state index is 0.0571. The smallest absolute Gasteiger partial charge is 0.0786 e. The van der Waals surface area contributed by atoms with Crippen LogP contribution >= 0.6 is 0 Å². The number of hydrogen-bond donors (Lipinski definition) is 1. The van der Waals surface area contributed by atoms with Gasteiger partial charge in [0.05, 0.1) is 7.85 Å². The van der Waals surface area contributed by atoms with Gasteiger partial charge in [0.1, 0.15) is 0 Å². The van der Waals surface area contributed by atoms with E-state index in [0.717, 1.165) is 32.7 Å². The molecule has 2 unspecified atom stereocenters. The van der Waals surface area contributed by atoms with Crippen molar-refractivity contribution in [3.05, 3.63) is 12.2 Å². The largest absolute Gasteiger partial charge is 0.317 e. The minimum absolute atomic E-state index is 0.0571. The first-order valence-corrected chi connectivity index (χ1v) is 5.08. The van der Waals surface area contributed by atoms with E-state index >= 15 is 0 Å². The van der Waals surface area contributed by atoms with E-state index in [1.54, 1.807) is 0 Å². The summed E-state index contributed by atoms with van der Waals surface area (Å²) in [5.74, 6) is 0.665. The van der Waals surface area contributed by atoms with Crippen LogP contribution in [-0.4, -0.2) is 45.5 Å². The molecule has 2 aliphatic heterocycles. The van der Waals surface area contributed by atoms with Gasteiger partial charge in [-0.2, -0.15) is 0 Å². The van der Waals surface area contributed by atoms with Gasteiger partial charge in [-0.15, -0.1) is 0 Å². The molecule has 2 saturated heterocycles. The summed E-state index contributed by atoms with van der Waals surface area (Å²) in [5, 5.41) is 3.43. The van der Waals surface area contributed by atoms with Crippen molar-refractivity contribution in [3.63, 3.8) is 0 Å². The van der Waals surface area contributed by atoms with E-state index in [-0.39, 0.29) is 5.31 Å². The van der Waals surface area contributed by atoms with Crippen LogP contribution in [0.5, 0.6) is 0 Å². The summed E-state index contributed by atoms with van der Waals surface area (Å²) >= 11 is 0. The fraction of sp³-hybridized carbons (Fsp3) is 0.800. The van der Waals surface area contributed by atoms with E-state index in [1.165, 1.54) is 0 Å². The summed E-state index contributed by atoms with van der Waals surface area (Å²) in [7, 11) is 6.30. The van der Waals surface area contributed by atoms with E-state index in [4.69, 9.17) is 7.85 Å². The Labute approximate surface area is 81.8 Å². The van der Waals surface area contributed by atoms with Crippen LogP contribution in [-0.2, 0) is 0 Å². The van der Waals surface area contributed by atoms with Gasteiger partial charge in [0, 0.05) is 13.1 Å². The van der Waals surface area contributed by atoms with Crippen LogP contribution in [0.4, 0.5) is 0 Å². The van der Waals surface area contributed by atoms with Crippen LogP contribution in [0, 0.1) is 5.92 Å². The second-order valence-corrected chi connectivity index (χ2v) is 4.32. The molecule has 2 heterocycles. The van der Waals surface area contributed by atoms with Gasteiger partial charge in [-0.1, -0.05) is 12.2 Å². The van der Waals surface area contributed by atoms with Gasteiger partial charge in [-0.05, 0) is 37.8 Å². The summed E-state index contributed by atoms with van der Waals surface area (Å²) in [5.41, 5.74) is 0. The molecular formula is C10H17BN2. The molecule has 0 saturated carbocycles. The number of nitrogens with zero attached hydrogens (tertiary/aromatic N) is 1. The molecule has 70 valence electrons. The number of nitrogens with one attached hydrogen (secondary N) is 1. The molecule has 2 aliphatic rings. The summed E-state index contributed by atoms with van der Waals surface area (Å²) in [6, 6.07) is 0. The molecule has 0 aliphatic carbocycles. The van der Waals surface area contributed by atoms with Crippen LogP contribution in [0.25, 0.3) is 0 Å². The quantitative estimate of drug-likeness (QED) is 0.484. The van der Waals surface area contributed by atoms with Gasteiger partial charge in [0.2, 0.25) is 0 Å². The van der Waals surface area contributed by atoms with E-state index in [1.807, 2.05) is 0 Å². The zero-order valence-corrected chi connectivity index (χ0v) is 8.29. The summed E-state index contributed by atoms with van der Waals surface area (Å²) in [6.07, 6.45) is 4.31. The number of rotatable bonds is 2. The Balaban J connectivity index is 1.93. The highest BCUT2D eigenvalue weighted by atomic mass is 15.2. The lowest BCUT2D eigenvalue weighted by atomic mass is 9.64. The summed E-state index contributed by atoms with van der Waals surface area (Å²) < 4.78 is 0. The van der Waals surface area contributed by atoms with Gasteiger partial charge < -0.3 is 5.32 Å². The normalized spacial score (nSPS) is 40.2. The van der Waals surface area contributed by atoms with Gasteiger partial charge in [0.15, 0.2) is 0 Å². The van der Waals surface area contributed by atoms with E-state index in [9.17, 15) is 0 Å². The Kier molecular flexibility index (Phi) is 2.48. The Bertz CT molecular complexity index is 217. The molecule has 0 aromatic rings. The molecule has 2 radical (unpaired) electrons. The average molecular weight is 176 g/mol. The lowest BCUT2D eigenvalue weighted by Crippen LogP contribution is -2.28. The second kappa shape index (κ2) is 3.47. The lowest BCUT2D eigenvalue weighted by molar-refractivity contribution is 0.348. The first kappa shape index (κ1) is 9.29. The highest BCUT2D eigenvalue weighted by Gasteiger charge is 2.44. The summed E-state index contributed by atoms with van der Waals surface area (Å²) in [4.78, 5) is 2.45. The molecule has 2 fully saturated rings. The number of likely N-dealkylation sites (tertiary alicyclic amines) is 1. The van der Waals surface area contributed by atoms with Crippen LogP contribution in [0.15, 0.2) is 12.2 Å². The maximum absolute atomic E-state index is 6.30. The maximum Gasteiger partial charge on any atom is 0.0786 e. The van der Waals surface area contributed by atoms with Crippen LogP contribution < -0.4 is 5.32 Å². The van der Waals surface area contributed by atoms with Gasteiger partial charge in [0.25, 0.3) is 0 Å². The van der Waals surface area contributed by atoms with Gasteiger partial charge in [-0.3, -0.25) is 4.90 Å². The first-order chi connectivity index (χ1) is 6.24. The van der Waals surface area contributed by atoms with Crippen molar-refractivity contribution in [2.45, 2.75) is 12.2 Å². The predicted octanol–water partition coefficient (Wildman–Crippen LogP) is 0.425. The van der Waals surface area contributed by atoms with E-state index in [2.05, 4.69) is 29.3 Å². The third kappa shape index (κ3) is 1.68. The Morgan fingerprint density at radius 3 is 3.23 bits per heavy atom. The SMILES string of the molecule is [B]C12CNCC1CN(C/C=C/C)C2. The van der Waals surface area contributed by atoms with Crippen molar-refractivity contribution in [1.29, 1.82) is 0 Å². The van der Waals surface area contributed by atoms with Gasteiger partial charge >= 0.3 is 0 Å². The topological polar surface area (TPSA) is 15.3 Å². The molecule has 3 heteroatoms. The number of fused-ring (bicyclic) bond motifs is 1. The van der Waals surface area contributed by atoms with Crippen LogP contribution in [0.2, 0.25) is 5.31 Å². The molecule has 1 N–H and O–H groups in total. The number of allylic oxidation sites excluding steroid dienone is 1. The Morgan fingerprint density at radius 2 is 2.54 bits per heavy atom. The van der Waals surface area contributed by atoms with Gasteiger partial charge in [-0.25, -0.2) is 0 Å². The average Bonchev–Trinajstić information content (AvgIpc) is 2.55. The molecule has 2 nitrogen and oxygen atoms in total. The van der Waals surface area contributed by atoms with E-state index in [0.29, 0.717) is 5.92 Å². The van der Waals surface area contributed by atoms with Crippen molar-refractivity contribution < 1.29 is 0 Å². The zero-order valence-electron chi connectivity index (χ0n) is 8.29. The molecular weight excluding hydrogens is 159 g/mol. The van der Waals surface area contributed by atoms with Crippen molar-refractivity contribution in [2.24, 2.45) is 5.92 Å². The molecule has 0 bridgehead atoms. The standard InChI is InChI=1S/C10H17BN2/c1-2-3-4-13-6-9-5-12-7-10(9,11)8-13/h2-3,9,12H,4-8H2,1H3/b3-2+. The molecule has 13 heavy (non-hydrogen) atoms.